The summed E-state index contributed by atoms with van der Waals surface area (Å²) in [6, 6.07) is 11.4. The van der Waals surface area contributed by atoms with E-state index in [9.17, 15) is 5.11 Å². The van der Waals surface area contributed by atoms with Crippen molar-refractivity contribution in [3.63, 3.8) is 0 Å². The number of rotatable bonds is 2. The number of phenolic OH excluding ortho intramolecular Hbond substituents is 3. The van der Waals surface area contributed by atoms with Crippen LogP contribution in [0.5, 0.6) is 17.2 Å². The van der Waals surface area contributed by atoms with Gasteiger partial charge in [-0.25, -0.2) is 0 Å². The summed E-state index contributed by atoms with van der Waals surface area (Å²) in [5.74, 6) is 5.64. The summed E-state index contributed by atoms with van der Waals surface area (Å²) in [5, 5.41) is 27.6. The first-order valence-corrected chi connectivity index (χ1v) is 6.11. The Bertz CT molecular complexity index is 674. The second kappa shape index (κ2) is 6.35. The first-order chi connectivity index (χ1) is 9.65. The molecule has 20 heavy (non-hydrogen) atoms. The standard InChI is InChI=1S/C17H14O3/c18-15-9-6-13(7-10-15)4-2-1-3-5-14-8-11-16(19)17(20)12-14/h1-2,6-12,18-20H,4H2. The average Bonchev–Trinajstić information content (AvgIpc) is 2.44. The van der Waals surface area contributed by atoms with Gasteiger partial charge in [0.05, 0.1) is 0 Å². The molecule has 0 saturated carbocycles. The summed E-state index contributed by atoms with van der Waals surface area (Å²) >= 11 is 0. The Morgan fingerprint density at radius 3 is 2.35 bits per heavy atom. The summed E-state index contributed by atoms with van der Waals surface area (Å²) in [6.07, 6.45) is 4.38. The number of benzene rings is 2. The van der Waals surface area contributed by atoms with E-state index in [1.54, 1.807) is 24.3 Å². The van der Waals surface area contributed by atoms with Crippen molar-refractivity contribution >= 4 is 0 Å². The molecule has 0 atom stereocenters. The zero-order valence-electron chi connectivity index (χ0n) is 10.7. The van der Waals surface area contributed by atoms with Crippen LogP contribution in [0.4, 0.5) is 0 Å². The van der Waals surface area contributed by atoms with Crippen LogP contribution in [-0.4, -0.2) is 15.3 Å². The molecular weight excluding hydrogens is 252 g/mol. The molecular formula is C17H14O3. The summed E-state index contributed by atoms with van der Waals surface area (Å²) < 4.78 is 0. The Morgan fingerprint density at radius 1 is 0.900 bits per heavy atom. The lowest BCUT2D eigenvalue weighted by Crippen LogP contribution is -1.78. The summed E-state index contributed by atoms with van der Waals surface area (Å²) in [4.78, 5) is 0. The highest BCUT2D eigenvalue weighted by molar-refractivity contribution is 5.47. The van der Waals surface area contributed by atoms with Crippen molar-refractivity contribution in [3.05, 3.63) is 65.7 Å². The zero-order valence-corrected chi connectivity index (χ0v) is 10.7. The van der Waals surface area contributed by atoms with Gasteiger partial charge in [-0.3, -0.25) is 0 Å². The summed E-state index contributed by atoms with van der Waals surface area (Å²) in [7, 11) is 0. The van der Waals surface area contributed by atoms with Gasteiger partial charge in [0.15, 0.2) is 11.5 Å². The quantitative estimate of drug-likeness (QED) is 0.578. The predicted molar refractivity (Wildman–Crippen MR) is 77.6 cm³/mol. The van der Waals surface area contributed by atoms with E-state index in [0.29, 0.717) is 5.56 Å². The van der Waals surface area contributed by atoms with E-state index in [0.717, 1.165) is 12.0 Å². The number of hydrogen-bond donors (Lipinski definition) is 3. The lowest BCUT2D eigenvalue weighted by Gasteiger charge is -1.96. The van der Waals surface area contributed by atoms with Crippen LogP contribution in [0.3, 0.4) is 0 Å². The van der Waals surface area contributed by atoms with E-state index < -0.39 is 0 Å². The summed E-state index contributed by atoms with van der Waals surface area (Å²) in [5.41, 5.74) is 1.72. The fourth-order valence-corrected chi connectivity index (χ4v) is 1.61. The van der Waals surface area contributed by atoms with Gasteiger partial charge < -0.3 is 15.3 Å². The van der Waals surface area contributed by atoms with Crippen LogP contribution < -0.4 is 0 Å². The maximum Gasteiger partial charge on any atom is 0.158 e. The molecule has 100 valence electrons. The minimum absolute atomic E-state index is 0.154. The molecule has 0 unspecified atom stereocenters. The average molecular weight is 266 g/mol. The maximum absolute atomic E-state index is 9.32. The lowest BCUT2D eigenvalue weighted by molar-refractivity contribution is 0.403. The molecule has 2 aromatic rings. The van der Waals surface area contributed by atoms with E-state index in [1.165, 1.54) is 12.1 Å². The van der Waals surface area contributed by atoms with Gasteiger partial charge in [0, 0.05) is 5.56 Å². The van der Waals surface area contributed by atoms with Crippen molar-refractivity contribution in [2.75, 3.05) is 0 Å². The minimum atomic E-state index is -0.176. The molecule has 0 aliphatic carbocycles. The Kier molecular flexibility index (Phi) is 4.31. The molecule has 0 amide bonds. The van der Waals surface area contributed by atoms with E-state index in [2.05, 4.69) is 11.8 Å². The highest BCUT2D eigenvalue weighted by Crippen LogP contribution is 2.24. The van der Waals surface area contributed by atoms with E-state index >= 15 is 0 Å². The van der Waals surface area contributed by atoms with Crippen molar-refractivity contribution in [2.45, 2.75) is 6.42 Å². The molecule has 0 fully saturated rings. The van der Waals surface area contributed by atoms with Crippen molar-refractivity contribution in [1.29, 1.82) is 0 Å². The SMILES string of the molecule is Oc1ccc(CC=CC#Cc2ccc(O)c(O)c2)cc1. The molecule has 0 spiro atoms. The topological polar surface area (TPSA) is 60.7 Å². The van der Waals surface area contributed by atoms with Gasteiger partial charge >= 0.3 is 0 Å². The van der Waals surface area contributed by atoms with Crippen molar-refractivity contribution in [1.82, 2.24) is 0 Å². The molecule has 0 bridgehead atoms. The lowest BCUT2D eigenvalue weighted by atomic mass is 10.1. The normalized spacial score (nSPS) is 10.2. The van der Waals surface area contributed by atoms with Crippen molar-refractivity contribution < 1.29 is 15.3 Å². The molecule has 2 rings (SSSR count). The Labute approximate surface area is 117 Å². The number of hydrogen-bond acceptors (Lipinski definition) is 3. The first-order valence-electron chi connectivity index (χ1n) is 6.11. The smallest absolute Gasteiger partial charge is 0.158 e. The van der Waals surface area contributed by atoms with Gasteiger partial charge in [0.2, 0.25) is 0 Å². The van der Waals surface area contributed by atoms with Gasteiger partial charge in [0.25, 0.3) is 0 Å². The van der Waals surface area contributed by atoms with Crippen LogP contribution in [0.1, 0.15) is 11.1 Å². The predicted octanol–water partition coefficient (Wildman–Crippen LogP) is 2.95. The molecule has 3 heteroatoms. The van der Waals surface area contributed by atoms with Crippen LogP contribution in [0, 0.1) is 11.8 Å². The fraction of sp³-hybridized carbons (Fsp3) is 0.0588. The van der Waals surface area contributed by atoms with Crippen molar-refractivity contribution in [3.8, 4) is 29.1 Å². The monoisotopic (exact) mass is 266 g/mol. The molecule has 0 radical (unpaired) electrons. The molecule has 0 aliphatic rings. The van der Waals surface area contributed by atoms with Gasteiger partial charge in [-0.2, -0.15) is 0 Å². The second-order valence-corrected chi connectivity index (χ2v) is 4.25. The third kappa shape index (κ3) is 3.82. The molecule has 3 nitrogen and oxygen atoms in total. The maximum atomic E-state index is 9.32. The molecule has 0 heterocycles. The number of phenols is 3. The molecule has 0 saturated heterocycles. The van der Waals surface area contributed by atoms with Crippen molar-refractivity contribution in [2.24, 2.45) is 0 Å². The second-order valence-electron chi connectivity index (χ2n) is 4.25. The highest BCUT2D eigenvalue weighted by Gasteiger charge is 1.97. The van der Waals surface area contributed by atoms with Gasteiger partial charge in [0.1, 0.15) is 5.75 Å². The molecule has 0 aliphatic heterocycles. The van der Waals surface area contributed by atoms with Gasteiger partial charge in [-0.05, 0) is 48.4 Å². The zero-order chi connectivity index (χ0) is 14.4. The van der Waals surface area contributed by atoms with Crippen LogP contribution in [0.15, 0.2) is 54.6 Å². The third-order valence-corrected chi connectivity index (χ3v) is 2.68. The first kappa shape index (κ1) is 13.6. The minimum Gasteiger partial charge on any atom is -0.508 e. The Balaban J connectivity index is 1.95. The van der Waals surface area contributed by atoms with Crippen LogP contribution >= 0.6 is 0 Å². The van der Waals surface area contributed by atoms with Gasteiger partial charge in [-0.1, -0.05) is 30.0 Å². The molecule has 2 aromatic carbocycles. The van der Waals surface area contributed by atoms with Crippen LogP contribution in [0.2, 0.25) is 0 Å². The Morgan fingerprint density at radius 2 is 1.65 bits per heavy atom. The fourth-order valence-electron chi connectivity index (χ4n) is 1.61. The van der Waals surface area contributed by atoms with E-state index in [4.69, 9.17) is 10.2 Å². The summed E-state index contributed by atoms with van der Waals surface area (Å²) in [6.45, 7) is 0. The van der Waals surface area contributed by atoms with E-state index in [1.807, 2.05) is 18.2 Å². The van der Waals surface area contributed by atoms with Crippen LogP contribution in [0.25, 0.3) is 0 Å². The van der Waals surface area contributed by atoms with Crippen LogP contribution in [-0.2, 0) is 6.42 Å². The van der Waals surface area contributed by atoms with E-state index in [-0.39, 0.29) is 17.2 Å². The number of aromatic hydroxyl groups is 3. The van der Waals surface area contributed by atoms with Gasteiger partial charge in [-0.15, -0.1) is 0 Å². The molecule has 0 aromatic heterocycles. The number of allylic oxidation sites excluding steroid dienone is 2. The third-order valence-electron chi connectivity index (χ3n) is 2.68. The molecule has 3 N–H and O–H groups in total. The largest absolute Gasteiger partial charge is 0.508 e. The Hall–Kier alpha value is -2.86. The highest BCUT2D eigenvalue weighted by atomic mass is 16.3.